The Labute approximate surface area is 162 Å². The van der Waals surface area contributed by atoms with Crippen LogP contribution in [0.25, 0.3) is 0 Å². The molecule has 2 aromatic carbocycles. The molecule has 2 aromatic rings. The molecule has 28 heavy (non-hydrogen) atoms. The van der Waals surface area contributed by atoms with Gasteiger partial charge in [0.05, 0.1) is 18.8 Å². The molecular formula is C21H22FN3O3. The summed E-state index contributed by atoms with van der Waals surface area (Å²) in [6.07, 6.45) is 2.83. The Morgan fingerprint density at radius 2 is 1.86 bits per heavy atom. The molecule has 1 heterocycles. The first-order valence-corrected chi connectivity index (χ1v) is 9.37. The summed E-state index contributed by atoms with van der Waals surface area (Å²) >= 11 is 0. The molecule has 1 atom stereocenters. The molecule has 2 N–H and O–H groups in total. The van der Waals surface area contributed by atoms with Crippen LogP contribution in [-0.2, 0) is 0 Å². The lowest BCUT2D eigenvalue weighted by Crippen LogP contribution is -2.47. The lowest BCUT2D eigenvalue weighted by Gasteiger charge is -2.41. The van der Waals surface area contributed by atoms with Gasteiger partial charge in [-0.15, -0.1) is 0 Å². The maximum atomic E-state index is 13.1. The SMILES string of the molecule is COc1ccc(C(=O)NC2CC2)cc1NC(=O)N1CCC1c1ccc(F)cc1. The molecule has 1 saturated heterocycles. The Bertz CT molecular complexity index is 896. The molecule has 0 radical (unpaired) electrons. The van der Waals surface area contributed by atoms with Gasteiger partial charge < -0.3 is 20.3 Å². The highest BCUT2D eigenvalue weighted by Crippen LogP contribution is 2.35. The molecule has 2 aliphatic rings. The van der Waals surface area contributed by atoms with Crippen LogP contribution >= 0.6 is 0 Å². The van der Waals surface area contributed by atoms with Gasteiger partial charge in [-0.25, -0.2) is 9.18 Å². The smallest absolute Gasteiger partial charge is 0.322 e. The summed E-state index contributed by atoms with van der Waals surface area (Å²) in [5.41, 5.74) is 1.81. The van der Waals surface area contributed by atoms with Gasteiger partial charge in [-0.05, 0) is 55.2 Å². The van der Waals surface area contributed by atoms with Crippen molar-refractivity contribution in [1.82, 2.24) is 10.2 Å². The average Bonchev–Trinajstić information content (AvgIpc) is 3.46. The number of ether oxygens (including phenoxy) is 1. The van der Waals surface area contributed by atoms with E-state index in [0.29, 0.717) is 23.5 Å². The first kappa shape index (κ1) is 18.3. The van der Waals surface area contributed by atoms with Crippen molar-refractivity contribution in [2.45, 2.75) is 31.3 Å². The van der Waals surface area contributed by atoms with Gasteiger partial charge in [-0.3, -0.25) is 4.79 Å². The summed E-state index contributed by atoms with van der Waals surface area (Å²) < 4.78 is 18.5. The van der Waals surface area contributed by atoms with Crippen LogP contribution < -0.4 is 15.4 Å². The van der Waals surface area contributed by atoms with E-state index in [0.717, 1.165) is 24.8 Å². The Balaban J connectivity index is 1.48. The normalized spacial score (nSPS) is 18.2. The summed E-state index contributed by atoms with van der Waals surface area (Å²) in [5, 5.41) is 5.78. The third-order valence-electron chi connectivity index (χ3n) is 5.15. The van der Waals surface area contributed by atoms with Gasteiger partial charge in [-0.1, -0.05) is 12.1 Å². The molecule has 4 rings (SSSR count). The quantitative estimate of drug-likeness (QED) is 0.827. The molecule has 1 saturated carbocycles. The number of hydrogen-bond acceptors (Lipinski definition) is 3. The summed E-state index contributed by atoms with van der Waals surface area (Å²) in [6.45, 7) is 0.609. The second-order valence-corrected chi connectivity index (χ2v) is 7.14. The summed E-state index contributed by atoms with van der Waals surface area (Å²) in [7, 11) is 1.51. The maximum absolute atomic E-state index is 13.1. The van der Waals surface area contributed by atoms with Crippen LogP contribution in [0.15, 0.2) is 42.5 Å². The molecular weight excluding hydrogens is 361 g/mol. The third-order valence-corrected chi connectivity index (χ3v) is 5.15. The van der Waals surface area contributed by atoms with Crippen molar-refractivity contribution >= 4 is 17.6 Å². The van der Waals surface area contributed by atoms with Crippen molar-refractivity contribution < 1.29 is 18.7 Å². The van der Waals surface area contributed by atoms with E-state index >= 15 is 0 Å². The number of rotatable bonds is 5. The Hall–Kier alpha value is -3.09. The number of carbonyl (C=O) groups excluding carboxylic acids is 2. The van der Waals surface area contributed by atoms with Gasteiger partial charge >= 0.3 is 6.03 Å². The van der Waals surface area contributed by atoms with E-state index in [4.69, 9.17) is 4.74 Å². The number of benzene rings is 2. The fraction of sp³-hybridized carbons (Fsp3) is 0.333. The van der Waals surface area contributed by atoms with Gasteiger partial charge in [0.25, 0.3) is 5.91 Å². The van der Waals surface area contributed by atoms with Gasteiger partial charge in [0.15, 0.2) is 0 Å². The number of carbonyl (C=O) groups is 2. The molecule has 3 amide bonds. The molecule has 7 heteroatoms. The second kappa shape index (κ2) is 7.50. The largest absolute Gasteiger partial charge is 0.495 e. The predicted octanol–water partition coefficient (Wildman–Crippen LogP) is 3.71. The van der Waals surface area contributed by atoms with Crippen molar-refractivity contribution in [1.29, 1.82) is 0 Å². The van der Waals surface area contributed by atoms with Crippen molar-refractivity contribution in [2.75, 3.05) is 19.0 Å². The Morgan fingerprint density at radius 1 is 1.11 bits per heavy atom. The van der Waals surface area contributed by atoms with E-state index in [9.17, 15) is 14.0 Å². The number of amides is 3. The van der Waals surface area contributed by atoms with E-state index in [1.54, 1.807) is 35.2 Å². The molecule has 146 valence electrons. The number of anilines is 1. The van der Waals surface area contributed by atoms with Crippen LogP contribution in [0, 0.1) is 5.82 Å². The van der Waals surface area contributed by atoms with E-state index in [1.807, 2.05) is 0 Å². The highest BCUT2D eigenvalue weighted by atomic mass is 19.1. The first-order chi connectivity index (χ1) is 13.5. The number of hydrogen-bond donors (Lipinski definition) is 2. The van der Waals surface area contributed by atoms with Crippen molar-refractivity contribution in [3.63, 3.8) is 0 Å². The second-order valence-electron chi connectivity index (χ2n) is 7.14. The molecule has 1 unspecified atom stereocenters. The zero-order valence-corrected chi connectivity index (χ0v) is 15.6. The molecule has 6 nitrogen and oxygen atoms in total. The highest BCUT2D eigenvalue weighted by molar-refractivity contribution is 5.98. The van der Waals surface area contributed by atoms with Crippen molar-refractivity contribution in [3.05, 3.63) is 59.4 Å². The monoisotopic (exact) mass is 383 g/mol. The fourth-order valence-electron chi connectivity index (χ4n) is 3.29. The van der Waals surface area contributed by atoms with Gasteiger partial charge in [0, 0.05) is 18.2 Å². The highest BCUT2D eigenvalue weighted by Gasteiger charge is 2.34. The van der Waals surface area contributed by atoms with Gasteiger partial charge in [0.2, 0.25) is 0 Å². The molecule has 1 aliphatic heterocycles. The Kier molecular flexibility index (Phi) is 4.90. The molecule has 0 bridgehead atoms. The van der Waals surface area contributed by atoms with Crippen LogP contribution in [0.3, 0.4) is 0 Å². The standard InChI is InChI=1S/C21H22FN3O3/c1-28-19-9-4-14(20(26)23-16-7-8-16)12-17(19)24-21(27)25-11-10-18(25)13-2-5-15(22)6-3-13/h2-6,9,12,16,18H,7-8,10-11H2,1H3,(H,23,26)(H,24,27). The fourth-order valence-corrected chi connectivity index (χ4v) is 3.29. The molecule has 1 aliphatic carbocycles. The van der Waals surface area contributed by atoms with Crippen LogP contribution in [0.5, 0.6) is 5.75 Å². The number of likely N-dealkylation sites (tertiary alicyclic amines) is 1. The van der Waals surface area contributed by atoms with Crippen LogP contribution in [-0.4, -0.2) is 36.5 Å². The minimum Gasteiger partial charge on any atom is -0.495 e. The van der Waals surface area contributed by atoms with E-state index in [1.165, 1.54) is 19.2 Å². The number of nitrogens with one attached hydrogen (secondary N) is 2. The number of nitrogens with zero attached hydrogens (tertiary/aromatic N) is 1. The molecule has 0 spiro atoms. The van der Waals surface area contributed by atoms with E-state index < -0.39 is 0 Å². The van der Waals surface area contributed by atoms with Gasteiger partial charge in [-0.2, -0.15) is 0 Å². The van der Waals surface area contributed by atoms with E-state index in [-0.39, 0.29) is 29.8 Å². The topological polar surface area (TPSA) is 70.7 Å². The summed E-state index contributed by atoms with van der Waals surface area (Å²) in [5.74, 6) is 0.0223. The van der Waals surface area contributed by atoms with Crippen molar-refractivity contribution in [2.24, 2.45) is 0 Å². The Morgan fingerprint density at radius 3 is 2.46 bits per heavy atom. The zero-order valence-electron chi connectivity index (χ0n) is 15.6. The average molecular weight is 383 g/mol. The minimum atomic E-state index is -0.301. The number of methoxy groups -OCH3 is 1. The van der Waals surface area contributed by atoms with Crippen LogP contribution in [0.1, 0.15) is 41.2 Å². The minimum absolute atomic E-state index is 0.0899. The van der Waals surface area contributed by atoms with Crippen molar-refractivity contribution in [3.8, 4) is 5.75 Å². The lowest BCUT2D eigenvalue weighted by molar-refractivity contribution is 0.0951. The van der Waals surface area contributed by atoms with E-state index in [2.05, 4.69) is 10.6 Å². The molecule has 0 aromatic heterocycles. The number of urea groups is 1. The summed E-state index contributed by atoms with van der Waals surface area (Å²) in [6, 6.07) is 11.1. The van der Waals surface area contributed by atoms with Crippen LogP contribution in [0.4, 0.5) is 14.9 Å². The number of halogens is 1. The predicted molar refractivity (Wildman–Crippen MR) is 103 cm³/mol. The molecule has 2 fully saturated rings. The lowest BCUT2D eigenvalue weighted by atomic mass is 9.95. The zero-order chi connectivity index (χ0) is 19.7. The van der Waals surface area contributed by atoms with Crippen LogP contribution in [0.2, 0.25) is 0 Å². The maximum Gasteiger partial charge on any atom is 0.322 e. The summed E-state index contributed by atoms with van der Waals surface area (Å²) in [4.78, 5) is 26.7. The van der Waals surface area contributed by atoms with Gasteiger partial charge in [0.1, 0.15) is 11.6 Å². The first-order valence-electron chi connectivity index (χ1n) is 9.37. The third kappa shape index (κ3) is 3.78.